The van der Waals surface area contributed by atoms with E-state index in [0.717, 1.165) is 11.3 Å². The molecule has 0 fully saturated rings. The van der Waals surface area contributed by atoms with Crippen molar-refractivity contribution in [2.45, 2.75) is 12.3 Å². The molecule has 2 N–H and O–H groups in total. The highest BCUT2D eigenvalue weighted by Gasteiger charge is 2.28. The molecule has 2 rings (SSSR count). The highest BCUT2D eigenvalue weighted by atomic mass is 16.3. The first kappa shape index (κ1) is 8.26. The van der Waals surface area contributed by atoms with Gasteiger partial charge in [0.2, 0.25) is 5.91 Å². The van der Waals surface area contributed by atoms with E-state index in [9.17, 15) is 4.79 Å². The van der Waals surface area contributed by atoms with Gasteiger partial charge in [-0.05, 0) is 18.1 Å². The lowest BCUT2D eigenvalue weighted by molar-refractivity contribution is -0.117. The van der Waals surface area contributed by atoms with Crippen molar-refractivity contribution in [2.75, 3.05) is 11.9 Å². The fraction of sp³-hybridized carbons (Fsp3) is 0.300. The van der Waals surface area contributed by atoms with E-state index in [1.807, 2.05) is 24.3 Å². The minimum Gasteiger partial charge on any atom is -0.396 e. The maximum absolute atomic E-state index is 11.4. The highest BCUT2D eigenvalue weighted by molar-refractivity contribution is 6.02. The molecule has 0 saturated carbocycles. The lowest BCUT2D eigenvalue weighted by atomic mass is 9.98. The molecule has 0 aliphatic carbocycles. The minimum atomic E-state index is -0.166. The number of fused-ring (bicyclic) bond motifs is 1. The van der Waals surface area contributed by atoms with E-state index in [1.54, 1.807) is 0 Å². The van der Waals surface area contributed by atoms with E-state index in [4.69, 9.17) is 5.11 Å². The lowest BCUT2D eigenvalue weighted by Gasteiger charge is -2.04. The van der Waals surface area contributed by atoms with Crippen molar-refractivity contribution in [2.24, 2.45) is 0 Å². The smallest absolute Gasteiger partial charge is 0.232 e. The average molecular weight is 177 g/mol. The summed E-state index contributed by atoms with van der Waals surface area (Å²) in [7, 11) is 0. The van der Waals surface area contributed by atoms with E-state index in [-0.39, 0.29) is 18.4 Å². The van der Waals surface area contributed by atoms with Gasteiger partial charge in [-0.25, -0.2) is 0 Å². The second-order valence-electron chi connectivity index (χ2n) is 3.14. The Morgan fingerprint density at radius 2 is 2.15 bits per heavy atom. The monoisotopic (exact) mass is 177 g/mol. The Hall–Kier alpha value is -1.35. The van der Waals surface area contributed by atoms with Crippen LogP contribution in [-0.4, -0.2) is 17.6 Å². The largest absolute Gasteiger partial charge is 0.396 e. The average Bonchev–Trinajstić information content (AvgIpc) is 2.44. The van der Waals surface area contributed by atoms with Gasteiger partial charge < -0.3 is 10.4 Å². The quantitative estimate of drug-likeness (QED) is 0.710. The second kappa shape index (κ2) is 3.18. The number of hydrogen-bond acceptors (Lipinski definition) is 2. The van der Waals surface area contributed by atoms with Crippen molar-refractivity contribution < 1.29 is 9.90 Å². The zero-order chi connectivity index (χ0) is 9.26. The summed E-state index contributed by atoms with van der Waals surface area (Å²) < 4.78 is 0. The first-order valence-electron chi connectivity index (χ1n) is 4.33. The number of aliphatic hydroxyl groups excluding tert-OH is 1. The van der Waals surface area contributed by atoms with Gasteiger partial charge in [0.25, 0.3) is 0 Å². The van der Waals surface area contributed by atoms with Crippen LogP contribution in [0.15, 0.2) is 24.3 Å². The number of anilines is 1. The molecule has 1 aliphatic rings. The summed E-state index contributed by atoms with van der Waals surface area (Å²) in [4.78, 5) is 11.4. The molecule has 68 valence electrons. The lowest BCUT2D eigenvalue weighted by Crippen LogP contribution is -2.13. The number of carbonyl (C=O) groups excluding carboxylic acids is 1. The van der Waals surface area contributed by atoms with Gasteiger partial charge in [-0.2, -0.15) is 0 Å². The van der Waals surface area contributed by atoms with Gasteiger partial charge in [-0.15, -0.1) is 0 Å². The van der Waals surface area contributed by atoms with Crippen molar-refractivity contribution in [3.05, 3.63) is 29.8 Å². The highest BCUT2D eigenvalue weighted by Crippen LogP contribution is 2.33. The van der Waals surface area contributed by atoms with E-state index < -0.39 is 0 Å². The third-order valence-corrected chi connectivity index (χ3v) is 2.33. The fourth-order valence-electron chi connectivity index (χ4n) is 1.69. The van der Waals surface area contributed by atoms with Crippen LogP contribution in [0.4, 0.5) is 5.69 Å². The van der Waals surface area contributed by atoms with Crippen LogP contribution in [0.25, 0.3) is 0 Å². The summed E-state index contributed by atoms with van der Waals surface area (Å²) in [6, 6.07) is 7.60. The first-order valence-corrected chi connectivity index (χ1v) is 4.33. The molecule has 1 atom stereocenters. The Bertz CT molecular complexity index is 335. The fourth-order valence-corrected chi connectivity index (χ4v) is 1.69. The summed E-state index contributed by atoms with van der Waals surface area (Å²) in [6.07, 6.45) is 0.503. The Labute approximate surface area is 76.4 Å². The summed E-state index contributed by atoms with van der Waals surface area (Å²) in [5.41, 5.74) is 1.88. The number of hydrogen-bond donors (Lipinski definition) is 2. The molecule has 13 heavy (non-hydrogen) atoms. The Morgan fingerprint density at radius 1 is 1.38 bits per heavy atom. The third-order valence-electron chi connectivity index (χ3n) is 2.33. The van der Waals surface area contributed by atoms with Crippen LogP contribution in [0.2, 0.25) is 0 Å². The minimum absolute atomic E-state index is 0.00440. The second-order valence-corrected chi connectivity index (χ2v) is 3.14. The predicted molar refractivity (Wildman–Crippen MR) is 49.5 cm³/mol. The number of carbonyl (C=O) groups is 1. The van der Waals surface area contributed by atoms with Gasteiger partial charge >= 0.3 is 0 Å². The Kier molecular flexibility index (Phi) is 2.02. The molecule has 1 heterocycles. The van der Waals surface area contributed by atoms with E-state index in [1.165, 1.54) is 0 Å². The zero-order valence-corrected chi connectivity index (χ0v) is 7.16. The van der Waals surface area contributed by atoms with Crippen LogP contribution in [0, 0.1) is 0 Å². The number of rotatable bonds is 2. The number of aliphatic hydroxyl groups is 1. The van der Waals surface area contributed by atoms with Crippen LogP contribution in [0.3, 0.4) is 0 Å². The van der Waals surface area contributed by atoms with Crippen LogP contribution in [0.5, 0.6) is 0 Å². The van der Waals surface area contributed by atoms with Gasteiger partial charge in [0.1, 0.15) is 0 Å². The molecule has 1 amide bonds. The van der Waals surface area contributed by atoms with Crippen molar-refractivity contribution in [1.29, 1.82) is 0 Å². The van der Waals surface area contributed by atoms with Crippen molar-refractivity contribution >= 4 is 11.6 Å². The maximum Gasteiger partial charge on any atom is 0.232 e. The van der Waals surface area contributed by atoms with Gasteiger partial charge in [0.05, 0.1) is 5.92 Å². The zero-order valence-electron chi connectivity index (χ0n) is 7.16. The third kappa shape index (κ3) is 1.31. The summed E-state index contributed by atoms with van der Waals surface area (Å²) in [6.45, 7) is 0.0480. The molecule has 3 nitrogen and oxygen atoms in total. The van der Waals surface area contributed by atoms with Crippen molar-refractivity contribution in [3.8, 4) is 0 Å². The van der Waals surface area contributed by atoms with Gasteiger partial charge in [0, 0.05) is 12.3 Å². The molecule has 0 aromatic heterocycles. The summed E-state index contributed by atoms with van der Waals surface area (Å²) in [5.74, 6) is -0.170. The van der Waals surface area contributed by atoms with E-state index in [2.05, 4.69) is 5.32 Å². The molecule has 0 unspecified atom stereocenters. The normalized spacial score (nSPS) is 19.8. The van der Waals surface area contributed by atoms with Crippen LogP contribution < -0.4 is 5.32 Å². The van der Waals surface area contributed by atoms with Gasteiger partial charge in [-0.3, -0.25) is 4.79 Å². The summed E-state index contributed by atoms with van der Waals surface area (Å²) >= 11 is 0. The Balaban J connectivity index is 2.35. The molecule has 0 saturated heterocycles. The molecule has 1 aromatic rings. The number of nitrogens with one attached hydrogen (secondary N) is 1. The first-order chi connectivity index (χ1) is 6.33. The predicted octanol–water partition coefficient (Wildman–Crippen LogP) is 1.10. The molecule has 3 heteroatoms. The molecular weight excluding hydrogens is 166 g/mol. The van der Waals surface area contributed by atoms with Gasteiger partial charge in [-0.1, -0.05) is 18.2 Å². The maximum atomic E-state index is 11.4. The van der Waals surface area contributed by atoms with Gasteiger partial charge in [0.15, 0.2) is 0 Å². The number of benzene rings is 1. The van der Waals surface area contributed by atoms with Crippen LogP contribution >= 0.6 is 0 Å². The standard InChI is InChI=1S/C10H11NO2/c12-6-5-8-7-3-1-2-4-9(7)11-10(8)13/h1-4,8,12H,5-6H2,(H,11,13)/t8-/m1/s1. The number of para-hydroxylation sites is 1. The van der Waals surface area contributed by atoms with Crippen LogP contribution in [-0.2, 0) is 4.79 Å². The Morgan fingerprint density at radius 3 is 2.92 bits per heavy atom. The number of amides is 1. The topological polar surface area (TPSA) is 49.3 Å². The van der Waals surface area contributed by atoms with Crippen LogP contribution in [0.1, 0.15) is 17.9 Å². The molecule has 1 aliphatic heterocycles. The molecule has 1 aromatic carbocycles. The molecular formula is C10H11NO2. The molecule has 0 radical (unpaired) electrons. The van der Waals surface area contributed by atoms with Crippen molar-refractivity contribution in [1.82, 2.24) is 0 Å². The molecule has 0 bridgehead atoms. The SMILES string of the molecule is O=C1Nc2ccccc2[C@H]1CCO. The van der Waals surface area contributed by atoms with Crippen molar-refractivity contribution in [3.63, 3.8) is 0 Å². The van der Waals surface area contributed by atoms with E-state index >= 15 is 0 Å². The molecule has 0 spiro atoms. The van der Waals surface area contributed by atoms with E-state index in [0.29, 0.717) is 6.42 Å². The summed E-state index contributed by atoms with van der Waals surface area (Å²) in [5, 5.41) is 11.6.